The maximum Gasteiger partial charge on any atom is 0.0509 e. The molecule has 0 radical (unpaired) electrons. The summed E-state index contributed by atoms with van der Waals surface area (Å²) >= 11 is 0. The summed E-state index contributed by atoms with van der Waals surface area (Å²) in [5.74, 6) is 1.44. The molecule has 4 unspecified atom stereocenters. The van der Waals surface area contributed by atoms with Crippen LogP contribution in [0.1, 0.15) is 32.6 Å². The average Bonchev–Trinajstić information content (AvgIpc) is 2.97. The molecular weight excluding hydrogens is 200 g/mol. The molecule has 1 heterocycles. The topological polar surface area (TPSA) is 38.5 Å². The molecule has 2 fully saturated rings. The first-order valence-corrected chi connectivity index (χ1v) is 6.73. The Bertz CT molecular complexity index is 216. The van der Waals surface area contributed by atoms with Crippen molar-refractivity contribution in [3.63, 3.8) is 0 Å². The van der Waals surface area contributed by atoms with Crippen LogP contribution in [0.5, 0.6) is 0 Å². The van der Waals surface area contributed by atoms with Gasteiger partial charge in [0, 0.05) is 18.7 Å². The van der Waals surface area contributed by atoms with Crippen molar-refractivity contribution in [2.75, 3.05) is 26.8 Å². The summed E-state index contributed by atoms with van der Waals surface area (Å²) in [6, 6.07) is 1.35. The molecule has 0 aromatic heterocycles. The van der Waals surface area contributed by atoms with Gasteiger partial charge in [0.1, 0.15) is 0 Å². The smallest absolute Gasteiger partial charge is 0.0509 e. The summed E-state index contributed by atoms with van der Waals surface area (Å²) in [6.45, 7) is 5.10. The third kappa shape index (κ3) is 2.41. The van der Waals surface area contributed by atoms with E-state index in [9.17, 15) is 0 Å². The molecule has 16 heavy (non-hydrogen) atoms. The van der Waals surface area contributed by atoms with Gasteiger partial charge in [-0.15, -0.1) is 0 Å². The maximum absolute atomic E-state index is 5.86. The lowest BCUT2D eigenvalue weighted by Gasteiger charge is -2.36. The lowest BCUT2D eigenvalue weighted by molar-refractivity contribution is 0.0990. The Morgan fingerprint density at radius 2 is 2.19 bits per heavy atom. The van der Waals surface area contributed by atoms with Crippen molar-refractivity contribution in [2.24, 2.45) is 17.6 Å². The first-order valence-electron chi connectivity index (χ1n) is 6.73. The van der Waals surface area contributed by atoms with Crippen molar-refractivity contribution >= 4 is 0 Å². The summed E-state index contributed by atoms with van der Waals surface area (Å²) in [4.78, 5) is 2.57. The van der Waals surface area contributed by atoms with Crippen LogP contribution in [-0.2, 0) is 4.74 Å². The quantitative estimate of drug-likeness (QED) is 0.789. The van der Waals surface area contributed by atoms with E-state index >= 15 is 0 Å². The molecule has 1 saturated heterocycles. The van der Waals surface area contributed by atoms with Crippen LogP contribution in [0.15, 0.2) is 0 Å². The Labute approximate surface area is 99.3 Å². The zero-order valence-electron chi connectivity index (χ0n) is 10.7. The standard InChI is InChI=1S/C13H26N2O/c1-10(12-6-7-16-9-12)15(2)13-5-3-4-11(13)8-14/h10-13H,3-9,14H2,1-2H3. The summed E-state index contributed by atoms with van der Waals surface area (Å²) in [6.07, 6.45) is 5.23. The third-order valence-corrected chi connectivity index (χ3v) is 4.73. The number of hydrogen-bond donors (Lipinski definition) is 1. The molecule has 4 atom stereocenters. The van der Waals surface area contributed by atoms with Crippen LogP contribution in [0.25, 0.3) is 0 Å². The van der Waals surface area contributed by atoms with Crippen molar-refractivity contribution in [1.82, 2.24) is 4.90 Å². The lowest BCUT2D eigenvalue weighted by Crippen LogP contribution is -2.45. The van der Waals surface area contributed by atoms with Crippen LogP contribution in [0.2, 0.25) is 0 Å². The largest absolute Gasteiger partial charge is 0.381 e. The fraction of sp³-hybridized carbons (Fsp3) is 1.00. The highest BCUT2D eigenvalue weighted by Gasteiger charge is 2.34. The molecule has 2 N–H and O–H groups in total. The molecule has 1 aliphatic heterocycles. The second-order valence-electron chi connectivity index (χ2n) is 5.52. The Morgan fingerprint density at radius 1 is 1.38 bits per heavy atom. The van der Waals surface area contributed by atoms with E-state index in [-0.39, 0.29) is 0 Å². The highest BCUT2D eigenvalue weighted by Crippen LogP contribution is 2.32. The fourth-order valence-electron chi connectivity index (χ4n) is 3.40. The highest BCUT2D eigenvalue weighted by atomic mass is 16.5. The van der Waals surface area contributed by atoms with E-state index in [1.54, 1.807) is 0 Å². The van der Waals surface area contributed by atoms with Gasteiger partial charge in [-0.3, -0.25) is 0 Å². The van der Waals surface area contributed by atoms with Gasteiger partial charge in [-0.05, 0) is 51.6 Å². The van der Waals surface area contributed by atoms with E-state index in [2.05, 4.69) is 18.9 Å². The first-order chi connectivity index (χ1) is 7.74. The normalized spacial score (nSPS) is 37.1. The summed E-state index contributed by atoms with van der Waals surface area (Å²) in [7, 11) is 2.28. The van der Waals surface area contributed by atoms with Crippen LogP contribution in [0.3, 0.4) is 0 Å². The number of hydrogen-bond acceptors (Lipinski definition) is 3. The molecular formula is C13H26N2O. The van der Waals surface area contributed by atoms with Crippen LogP contribution >= 0.6 is 0 Å². The number of nitrogens with zero attached hydrogens (tertiary/aromatic N) is 1. The molecule has 2 rings (SSSR count). The monoisotopic (exact) mass is 226 g/mol. The molecule has 0 bridgehead atoms. The average molecular weight is 226 g/mol. The van der Waals surface area contributed by atoms with Gasteiger partial charge >= 0.3 is 0 Å². The van der Waals surface area contributed by atoms with Crippen molar-refractivity contribution < 1.29 is 4.74 Å². The summed E-state index contributed by atoms with van der Waals surface area (Å²) in [5, 5.41) is 0. The van der Waals surface area contributed by atoms with Gasteiger partial charge in [-0.2, -0.15) is 0 Å². The SMILES string of the molecule is CC(C1CCOC1)N(C)C1CCCC1CN. The molecule has 0 aromatic rings. The number of ether oxygens (including phenoxy) is 1. The predicted molar refractivity (Wildman–Crippen MR) is 66.3 cm³/mol. The predicted octanol–water partition coefficient (Wildman–Crippen LogP) is 1.47. The van der Waals surface area contributed by atoms with Crippen molar-refractivity contribution in [2.45, 2.75) is 44.7 Å². The van der Waals surface area contributed by atoms with Gasteiger partial charge < -0.3 is 15.4 Å². The van der Waals surface area contributed by atoms with Crippen LogP contribution in [0, 0.1) is 11.8 Å². The molecule has 3 heteroatoms. The molecule has 3 nitrogen and oxygen atoms in total. The van der Waals surface area contributed by atoms with E-state index in [0.717, 1.165) is 31.6 Å². The van der Waals surface area contributed by atoms with Crippen molar-refractivity contribution in [1.29, 1.82) is 0 Å². The molecule has 1 saturated carbocycles. The molecule has 0 aromatic carbocycles. The summed E-state index contributed by atoms with van der Waals surface area (Å²) < 4.78 is 5.49. The van der Waals surface area contributed by atoms with Gasteiger partial charge in [0.25, 0.3) is 0 Å². The minimum Gasteiger partial charge on any atom is -0.381 e. The summed E-state index contributed by atoms with van der Waals surface area (Å²) in [5.41, 5.74) is 5.86. The minimum absolute atomic E-state index is 0.639. The van der Waals surface area contributed by atoms with E-state index in [0.29, 0.717) is 12.1 Å². The van der Waals surface area contributed by atoms with Crippen LogP contribution in [-0.4, -0.2) is 43.8 Å². The van der Waals surface area contributed by atoms with Crippen LogP contribution in [0.4, 0.5) is 0 Å². The zero-order valence-corrected chi connectivity index (χ0v) is 10.7. The highest BCUT2D eigenvalue weighted by molar-refractivity contribution is 4.89. The minimum atomic E-state index is 0.639. The Hall–Kier alpha value is -0.120. The second-order valence-corrected chi connectivity index (χ2v) is 5.52. The molecule has 1 aliphatic carbocycles. The molecule has 2 aliphatic rings. The van der Waals surface area contributed by atoms with E-state index in [1.807, 2.05) is 0 Å². The van der Waals surface area contributed by atoms with Crippen molar-refractivity contribution in [3.05, 3.63) is 0 Å². The van der Waals surface area contributed by atoms with Gasteiger partial charge in [0.05, 0.1) is 6.61 Å². The number of nitrogens with two attached hydrogens (primary N) is 1. The van der Waals surface area contributed by atoms with Gasteiger partial charge in [-0.25, -0.2) is 0 Å². The Morgan fingerprint density at radius 3 is 2.81 bits per heavy atom. The van der Waals surface area contributed by atoms with Gasteiger partial charge in [0.15, 0.2) is 0 Å². The van der Waals surface area contributed by atoms with E-state index in [4.69, 9.17) is 10.5 Å². The van der Waals surface area contributed by atoms with E-state index < -0.39 is 0 Å². The van der Waals surface area contributed by atoms with Crippen LogP contribution < -0.4 is 5.73 Å². The first kappa shape index (κ1) is 12.3. The molecule has 0 spiro atoms. The van der Waals surface area contributed by atoms with Gasteiger partial charge in [-0.1, -0.05) is 6.42 Å². The number of rotatable bonds is 4. The molecule has 94 valence electrons. The zero-order chi connectivity index (χ0) is 11.5. The van der Waals surface area contributed by atoms with Crippen molar-refractivity contribution in [3.8, 4) is 0 Å². The molecule has 0 amide bonds. The maximum atomic E-state index is 5.86. The Kier molecular flexibility index (Phi) is 4.22. The Balaban J connectivity index is 1.92. The second kappa shape index (κ2) is 5.48. The third-order valence-electron chi connectivity index (χ3n) is 4.73. The van der Waals surface area contributed by atoms with E-state index in [1.165, 1.54) is 25.7 Å². The van der Waals surface area contributed by atoms with Gasteiger partial charge in [0.2, 0.25) is 0 Å². The fourth-order valence-corrected chi connectivity index (χ4v) is 3.40. The lowest BCUT2D eigenvalue weighted by atomic mass is 9.95.